The summed E-state index contributed by atoms with van der Waals surface area (Å²) in [5.74, 6) is 0. The number of hydrogen-bond donors (Lipinski definition) is 0. The monoisotopic (exact) mass is 562 g/mol. The van der Waals surface area contributed by atoms with E-state index in [2.05, 4.69) is 191 Å². The van der Waals surface area contributed by atoms with Crippen LogP contribution in [0, 0.1) is 0 Å². The molecule has 0 atom stereocenters. The predicted molar refractivity (Wildman–Crippen MR) is 186 cm³/mol. The summed E-state index contributed by atoms with van der Waals surface area (Å²) in [4.78, 5) is 2.34. The Labute approximate surface area is 257 Å². The normalized spacial score (nSPS) is 11.2. The van der Waals surface area contributed by atoms with Gasteiger partial charge in [-0.2, -0.15) is 0 Å². The number of aromatic nitrogens is 1. The van der Waals surface area contributed by atoms with Crippen LogP contribution in [0.2, 0.25) is 0 Å². The number of rotatable bonds is 6. The van der Waals surface area contributed by atoms with Crippen LogP contribution in [0.3, 0.4) is 0 Å². The molecular weight excluding hydrogens is 532 g/mol. The average molecular weight is 563 g/mol. The molecular formula is C42H30N2. The van der Waals surface area contributed by atoms with Crippen molar-refractivity contribution in [2.45, 2.75) is 0 Å². The van der Waals surface area contributed by atoms with Gasteiger partial charge in [0.1, 0.15) is 0 Å². The molecule has 0 aliphatic carbocycles. The van der Waals surface area contributed by atoms with Crippen LogP contribution in [-0.2, 0) is 0 Å². The Hall–Kier alpha value is -5.86. The maximum Gasteiger partial charge on any atom is 0.0542 e. The first-order valence-corrected chi connectivity index (χ1v) is 15.0. The lowest BCUT2D eigenvalue weighted by molar-refractivity contribution is 1.18. The van der Waals surface area contributed by atoms with Crippen molar-refractivity contribution in [3.63, 3.8) is 0 Å². The van der Waals surface area contributed by atoms with Gasteiger partial charge in [0.15, 0.2) is 0 Å². The van der Waals surface area contributed by atoms with Crippen LogP contribution in [0.4, 0.5) is 17.1 Å². The van der Waals surface area contributed by atoms with Crippen LogP contribution >= 0.6 is 0 Å². The maximum atomic E-state index is 2.39. The third-order valence-corrected chi connectivity index (χ3v) is 8.37. The Morgan fingerprint density at radius 2 is 0.841 bits per heavy atom. The summed E-state index contributed by atoms with van der Waals surface area (Å²) in [7, 11) is 0. The van der Waals surface area contributed by atoms with E-state index in [4.69, 9.17) is 0 Å². The van der Waals surface area contributed by atoms with Crippen molar-refractivity contribution >= 4 is 38.9 Å². The van der Waals surface area contributed by atoms with E-state index in [1.165, 1.54) is 44.1 Å². The Kier molecular flexibility index (Phi) is 6.51. The fourth-order valence-corrected chi connectivity index (χ4v) is 6.29. The van der Waals surface area contributed by atoms with Gasteiger partial charge in [-0.1, -0.05) is 121 Å². The van der Waals surface area contributed by atoms with E-state index < -0.39 is 0 Å². The molecule has 0 amide bonds. The van der Waals surface area contributed by atoms with Crippen molar-refractivity contribution in [1.82, 2.24) is 4.57 Å². The minimum Gasteiger partial charge on any atom is -0.310 e. The molecule has 0 saturated heterocycles. The molecule has 0 unspecified atom stereocenters. The average Bonchev–Trinajstić information content (AvgIpc) is 3.44. The van der Waals surface area contributed by atoms with Gasteiger partial charge in [0, 0.05) is 33.5 Å². The highest BCUT2D eigenvalue weighted by atomic mass is 15.1. The van der Waals surface area contributed by atoms with E-state index in [1.807, 2.05) is 0 Å². The van der Waals surface area contributed by atoms with Crippen molar-refractivity contribution in [2.75, 3.05) is 4.90 Å². The van der Waals surface area contributed by atoms with Gasteiger partial charge in [-0.15, -0.1) is 0 Å². The smallest absolute Gasteiger partial charge is 0.0542 e. The zero-order valence-corrected chi connectivity index (χ0v) is 24.2. The minimum atomic E-state index is 1.12. The lowest BCUT2D eigenvalue weighted by Crippen LogP contribution is -2.09. The summed E-state index contributed by atoms with van der Waals surface area (Å²) in [6.45, 7) is 0. The summed E-state index contributed by atoms with van der Waals surface area (Å²) < 4.78 is 2.39. The lowest BCUT2D eigenvalue weighted by atomic mass is 10.0. The molecule has 208 valence electrons. The molecule has 0 aliphatic heterocycles. The predicted octanol–water partition coefficient (Wildman–Crippen LogP) is 11.6. The van der Waals surface area contributed by atoms with Gasteiger partial charge in [-0.25, -0.2) is 0 Å². The van der Waals surface area contributed by atoms with Gasteiger partial charge in [0.2, 0.25) is 0 Å². The van der Waals surface area contributed by atoms with Crippen molar-refractivity contribution in [1.29, 1.82) is 0 Å². The Morgan fingerprint density at radius 1 is 0.318 bits per heavy atom. The molecule has 8 aromatic rings. The van der Waals surface area contributed by atoms with Crippen LogP contribution in [0.25, 0.3) is 49.7 Å². The quantitative estimate of drug-likeness (QED) is 0.196. The van der Waals surface area contributed by atoms with Crippen molar-refractivity contribution < 1.29 is 0 Å². The van der Waals surface area contributed by atoms with Gasteiger partial charge < -0.3 is 9.47 Å². The van der Waals surface area contributed by atoms with Crippen molar-refractivity contribution in [2.24, 2.45) is 0 Å². The third kappa shape index (κ3) is 4.63. The first-order chi connectivity index (χ1) is 21.8. The highest BCUT2D eigenvalue weighted by Crippen LogP contribution is 2.40. The molecule has 8 rings (SSSR count). The molecule has 0 N–H and O–H groups in total. The Morgan fingerprint density at radius 3 is 1.57 bits per heavy atom. The molecule has 1 heterocycles. The molecule has 0 radical (unpaired) electrons. The third-order valence-electron chi connectivity index (χ3n) is 8.37. The summed E-state index contributed by atoms with van der Waals surface area (Å²) in [6.07, 6.45) is 0. The first-order valence-electron chi connectivity index (χ1n) is 15.0. The number of fused-ring (bicyclic) bond motifs is 3. The molecule has 0 saturated carbocycles. The van der Waals surface area contributed by atoms with Gasteiger partial charge in [0.25, 0.3) is 0 Å². The summed E-state index contributed by atoms with van der Waals surface area (Å²) in [5.41, 5.74) is 11.8. The van der Waals surface area contributed by atoms with E-state index >= 15 is 0 Å². The molecule has 44 heavy (non-hydrogen) atoms. The van der Waals surface area contributed by atoms with Crippen LogP contribution < -0.4 is 4.90 Å². The topological polar surface area (TPSA) is 8.17 Å². The van der Waals surface area contributed by atoms with E-state index in [0.717, 1.165) is 22.7 Å². The SMILES string of the molecule is c1ccc(-c2ccc(N(c3ccccc3)c3ccc4c(c3)c3ccccc3n4-c3cccc(-c4ccccc4)c3)cc2)cc1. The number of benzene rings is 7. The van der Waals surface area contributed by atoms with Gasteiger partial charge >= 0.3 is 0 Å². The van der Waals surface area contributed by atoms with Gasteiger partial charge in [-0.3, -0.25) is 0 Å². The fraction of sp³-hybridized carbons (Fsp3) is 0. The van der Waals surface area contributed by atoms with E-state index in [0.29, 0.717) is 0 Å². The van der Waals surface area contributed by atoms with Crippen LogP contribution in [0.5, 0.6) is 0 Å². The largest absolute Gasteiger partial charge is 0.310 e. The molecule has 2 nitrogen and oxygen atoms in total. The maximum absolute atomic E-state index is 2.39. The lowest BCUT2D eigenvalue weighted by Gasteiger charge is -2.26. The van der Waals surface area contributed by atoms with Gasteiger partial charge in [-0.05, 0) is 82.9 Å². The molecule has 0 bridgehead atoms. The first kappa shape index (κ1) is 25.8. The second-order valence-electron chi connectivity index (χ2n) is 11.1. The Balaban J connectivity index is 1.28. The van der Waals surface area contributed by atoms with E-state index in [1.54, 1.807) is 0 Å². The van der Waals surface area contributed by atoms with Crippen LogP contribution in [0.1, 0.15) is 0 Å². The fourth-order valence-electron chi connectivity index (χ4n) is 6.29. The summed E-state index contributed by atoms with van der Waals surface area (Å²) in [6, 6.07) is 65.0. The number of nitrogens with zero attached hydrogens (tertiary/aromatic N) is 2. The number of hydrogen-bond acceptors (Lipinski definition) is 1. The molecule has 0 aliphatic rings. The second kappa shape index (κ2) is 11.1. The zero-order chi connectivity index (χ0) is 29.3. The van der Waals surface area contributed by atoms with Crippen LogP contribution in [-0.4, -0.2) is 4.57 Å². The zero-order valence-electron chi connectivity index (χ0n) is 24.2. The molecule has 2 heteroatoms. The minimum absolute atomic E-state index is 1.12. The van der Waals surface area contributed by atoms with Gasteiger partial charge in [0.05, 0.1) is 11.0 Å². The number of para-hydroxylation sites is 2. The highest BCUT2D eigenvalue weighted by Gasteiger charge is 2.17. The Bertz CT molecular complexity index is 2200. The van der Waals surface area contributed by atoms with Crippen molar-refractivity contribution in [3.8, 4) is 27.9 Å². The standard InChI is InChI=1S/C42H30N2/c1-4-13-31(14-5-1)33-23-25-36(26-24-33)43(35-18-8-3-9-19-35)38-27-28-42-40(30-38)39-21-10-11-22-41(39)44(42)37-20-12-17-34(29-37)32-15-6-2-7-16-32/h1-30H. The molecule has 0 spiro atoms. The molecule has 0 fully saturated rings. The number of anilines is 3. The van der Waals surface area contributed by atoms with Crippen LogP contribution in [0.15, 0.2) is 182 Å². The molecule has 7 aromatic carbocycles. The van der Waals surface area contributed by atoms with Crippen molar-refractivity contribution in [3.05, 3.63) is 182 Å². The van der Waals surface area contributed by atoms with E-state index in [9.17, 15) is 0 Å². The summed E-state index contributed by atoms with van der Waals surface area (Å²) >= 11 is 0. The highest BCUT2D eigenvalue weighted by molar-refractivity contribution is 6.10. The van der Waals surface area contributed by atoms with E-state index in [-0.39, 0.29) is 0 Å². The second-order valence-corrected chi connectivity index (χ2v) is 11.1. The molecule has 1 aromatic heterocycles. The summed E-state index contributed by atoms with van der Waals surface area (Å²) in [5, 5.41) is 2.46.